The predicted octanol–water partition coefficient (Wildman–Crippen LogP) is 4.27. The van der Waals surface area contributed by atoms with E-state index in [-0.39, 0.29) is 11.5 Å². The maximum atomic E-state index is 13.4. The average molecular weight is 407 g/mol. The molecule has 0 fully saturated rings. The zero-order chi connectivity index (χ0) is 21.5. The minimum Gasteiger partial charge on any atom is -0.311 e. The Hall–Kier alpha value is -3.99. The third kappa shape index (κ3) is 3.24. The van der Waals surface area contributed by atoms with E-state index in [1.165, 1.54) is 0 Å². The highest BCUT2D eigenvalue weighted by atomic mass is 16.2. The molecule has 0 radical (unpaired) electrons. The van der Waals surface area contributed by atoms with Crippen molar-refractivity contribution < 1.29 is 4.79 Å². The molecule has 0 saturated carbocycles. The van der Waals surface area contributed by atoms with E-state index in [2.05, 4.69) is 0 Å². The summed E-state index contributed by atoms with van der Waals surface area (Å²) >= 11 is 0. The van der Waals surface area contributed by atoms with Crippen LogP contribution < -0.4 is 10.5 Å². The van der Waals surface area contributed by atoms with Gasteiger partial charge in [-0.15, -0.1) is 0 Å². The van der Waals surface area contributed by atoms with Crippen LogP contribution in [0.15, 0.2) is 77.6 Å². The van der Waals surface area contributed by atoms with Crippen LogP contribution in [0.3, 0.4) is 0 Å². The van der Waals surface area contributed by atoms with Crippen LogP contribution in [-0.4, -0.2) is 22.5 Å². The lowest BCUT2D eigenvalue weighted by Crippen LogP contribution is -2.25. The van der Waals surface area contributed by atoms with Gasteiger partial charge >= 0.3 is 0 Å². The van der Waals surface area contributed by atoms with Gasteiger partial charge in [0.2, 0.25) is 0 Å². The summed E-state index contributed by atoms with van der Waals surface area (Å²) in [6.45, 7) is 2.38. The van der Waals surface area contributed by atoms with Crippen molar-refractivity contribution in [1.82, 2.24) is 9.55 Å². The van der Waals surface area contributed by atoms with Gasteiger partial charge < -0.3 is 4.90 Å². The summed E-state index contributed by atoms with van der Waals surface area (Å²) in [5.74, 6) is 0.368. The lowest BCUT2D eigenvalue weighted by atomic mass is 10.0. The van der Waals surface area contributed by atoms with Crippen molar-refractivity contribution in [3.05, 3.63) is 106 Å². The number of fused-ring (bicyclic) bond motifs is 2. The first-order chi connectivity index (χ1) is 15.0. The van der Waals surface area contributed by atoms with Gasteiger partial charge in [-0.1, -0.05) is 54.1 Å². The highest BCUT2D eigenvalue weighted by Gasteiger charge is 2.30. The van der Waals surface area contributed by atoms with Crippen molar-refractivity contribution in [2.24, 2.45) is 0 Å². The third-order valence-corrected chi connectivity index (χ3v) is 5.69. The lowest BCUT2D eigenvalue weighted by Gasteiger charge is -2.12. The summed E-state index contributed by atoms with van der Waals surface area (Å²) in [5.41, 5.74) is 4.83. The molecule has 0 spiro atoms. The van der Waals surface area contributed by atoms with E-state index in [9.17, 15) is 9.59 Å². The zero-order valence-electron chi connectivity index (χ0n) is 17.4. The Labute approximate surface area is 179 Å². The monoisotopic (exact) mass is 407 g/mol. The van der Waals surface area contributed by atoms with Gasteiger partial charge in [0.15, 0.2) is 0 Å². The Balaban J connectivity index is 1.75. The molecule has 31 heavy (non-hydrogen) atoms. The maximum absolute atomic E-state index is 13.4. The number of benzene rings is 3. The van der Waals surface area contributed by atoms with E-state index in [0.29, 0.717) is 28.8 Å². The van der Waals surface area contributed by atoms with E-state index in [1.54, 1.807) is 28.7 Å². The number of hydrogen-bond acceptors (Lipinski definition) is 3. The minimum atomic E-state index is -0.121. The first kappa shape index (κ1) is 19.0. The summed E-state index contributed by atoms with van der Waals surface area (Å²) < 4.78 is 1.64. The summed E-state index contributed by atoms with van der Waals surface area (Å²) in [5, 5.41) is 0.562. The van der Waals surface area contributed by atoms with Crippen LogP contribution in [0, 0.1) is 6.92 Å². The maximum Gasteiger partial charge on any atom is 0.261 e. The Morgan fingerprint density at radius 3 is 2.48 bits per heavy atom. The molecule has 5 rings (SSSR count). The Kier molecular flexibility index (Phi) is 4.51. The fourth-order valence-corrected chi connectivity index (χ4v) is 4.05. The molecule has 0 unspecified atom stereocenters. The van der Waals surface area contributed by atoms with E-state index in [0.717, 1.165) is 22.4 Å². The highest BCUT2D eigenvalue weighted by molar-refractivity contribution is 6.35. The molecule has 4 aromatic rings. The SMILES string of the molecule is Cc1ccc2c(c1)/C(=C/c1nc3ccccc3c(=O)n1Cc1ccccc1)C(=O)N2C. The van der Waals surface area contributed by atoms with Crippen LogP contribution in [0.1, 0.15) is 22.5 Å². The van der Waals surface area contributed by atoms with Crippen LogP contribution >= 0.6 is 0 Å². The normalized spacial score (nSPS) is 14.5. The summed E-state index contributed by atoms with van der Waals surface area (Å²) in [6, 6.07) is 23.1. The fourth-order valence-electron chi connectivity index (χ4n) is 4.05. The molecule has 1 aliphatic rings. The Morgan fingerprint density at radius 2 is 1.68 bits per heavy atom. The number of anilines is 1. The molecule has 152 valence electrons. The van der Waals surface area contributed by atoms with Crippen LogP contribution in [0.2, 0.25) is 0 Å². The second-order valence-electron chi connectivity index (χ2n) is 7.81. The number of hydrogen-bond donors (Lipinski definition) is 0. The number of amides is 1. The number of likely N-dealkylation sites (N-methyl/N-ethyl adjacent to an activating group) is 1. The van der Waals surface area contributed by atoms with Gasteiger partial charge in [0.25, 0.3) is 11.5 Å². The molecule has 0 atom stereocenters. The van der Waals surface area contributed by atoms with E-state index >= 15 is 0 Å². The minimum absolute atomic E-state index is 0.103. The molecular formula is C26H21N3O2. The van der Waals surface area contributed by atoms with E-state index in [4.69, 9.17) is 4.98 Å². The number of rotatable bonds is 3. The van der Waals surface area contributed by atoms with Gasteiger partial charge in [0.05, 0.1) is 28.7 Å². The second kappa shape index (κ2) is 7.36. The molecule has 1 aliphatic heterocycles. The molecule has 2 heterocycles. The first-order valence-electron chi connectivity index (χ1n) is 10.2. The molecule has 5 heteroatoms. The predicted molar refractivity (Wildman–Crippen MR) is 124 cm³/mol. The molecule has 5 nitrogen and oxygen atoms in total. The molecule has 1 aromatic heterocycles. The number of aromatic nitrogens is 2. The lowest BCUT2D eigenvalue weighted by molar-refractivity contribution is -0.112. The molecule has 0 saturated heterocycles. The topological polar surface area (TPSA) is 55.2 Å². The van der Waals surface area contributed by atoms with Gasteiger partial charge in [-0.05, 0) is 42.8 Å². The molecule has 0 bridgehead atoms. The van der Waals surface area contributed by atoms with Crippen molar-refractivity contribution in [1.29, 1.82) is 0 Å². The van der Waals surface area contributed by atoms with Gasteiger partial charge in [-0.3, -0.25) is 14.2 Å². The number of carbonyl (C=O) groups is 1. The highest BCUT2D eigenvalue weighted by Crippen LogP contribution is 2.37. The van der Waals surface area contributed by atoms with Crippen LogP contribution in [0.25, 0.3) is 22.6 Å². The fraction of sp³-hybridized carbons (Fsp3) is 0.115. The van der Waals surface area contributed by atoms with E-state index < -0.39 is 0 Å². The van der Waals surface area contributed by atoms with Crippen LogP contribution in [-0.2, 0) is 11.3 Å². The summed E-state index contributed by atoms with van der Waals surface area (Å²) in [7, 11) is 1.77. The molecule has 1 amide bonds. The van der Waals surface area contributed by atoms with Gasteiger partial charge in [0, 0.05) is 12.6 Å². The van der Waals surface area contributed by atoms with Gasteiger partial charge in [0.1, 0.15) is 5.82 Å². The van der Waals surface area contributed by atoms with Crippen molar-refractivity contribution in [3.8, 4) is 0 Å². The van der Waals surface area contributed by atoms with Crippen molar-refractivity contribution in [2.75, 3.05) is 11.9 Å². The molecule has 0 aliphatic carbocycles. The number of nitrogens with zero attached hydrogens (tertiary/aromatic N) is 3. The van der Waals surface area contributed by atoms with E-state index in [1.807, 2.05) is 73.7 Å². The zero-order valence-corrected chi connectivity index (χ0v) is 17.4. The smallest absolute Gasteiger partial charge is 0.261 e. The van der Waals surface area contributed by atoms with Gasteiger partial charge in [-0.25, -0.2) is 4.98 Å². The van der Waals surface area contributed by atoms with Gasteiger partial charge in [-0.2, -0.15) is 0 Å². The second-order valence-corrected chi connectivity index (χ2v) is 7.81. The summed E-state index contributed by atoms with van der Waals surface area (Å²) in [4.78, 5) is 32.8. The van der Waals surface area contributed by atoms with Crippen molar-refractivity contribution in [2.45, 2.75) is 13.5 Å². The number of aryl methyl sites for hydroxylation is 1. The summed E-state index contributed by atoms with van der Waals surface area (Å²) in [6.07, 6.45) is 1.75. The van der Waals surface area contributed by atoms with Crippen LogP contribution in [0.5, 0.6) is 0 Å². The first-order valence-corrected chi connectivity index (χ1v) is 10.2. The Morgan fingerprint density at radius 1 is 0.935 bits per heavy atom. The third-order valence-electron chi connectivity index (χ3n) is 5.69. The Bertz CT molecular complexity index is 1420. The quantitative estimate of drug-likeness (QED) is 0.477. The van der Waals surface area contributed by atoms with Crippen molar-refractivity contribution >= 4 is 34.1 Å². The molecular weight excluding hydrogens is 386 g/mol. The largest absolute Gasteiger partial charge is 0.311 e. The standard InChI is InChI=1S/C26H21N3O2/c1-17-12-13-23-20(14-17)21(25(30)28(23)2)15-24-27-22-11-7-6-10-19(22)26(31)29(24)16-18-8-4-3-5-9-18/h3-15H,16H2,1-2H3/b21-15-. The average Bonchev–Trinajstić information content (AvgIpc) is 3.01. The number of carbonyl (C=O) groups excluding carboxylic acids is 1. The van der Waals surface area contributed by atoms with Crippen molar-refractivity contribution in [3.63, 3.8) is 0 Å². The molecule has 3 aromatic carbocycles. The van der Waals surface area contributed by atoms with Crippen LogP contribution in [0.4, 0.5) is 5.69 Å². The number of para-hydroxylation sites is 1. The molecule has 0 N–H and O–H groups in total.